The fraction of sp³-hybridized carbons (Fsp3) is 0.591. The van der Waals surface area contributed by atoms with Crippen LogP contribution in [0.25, 0.3) is 0 Å². The van der Waals surface area contributed by atoms with Crippen molar-refractivity contribution >= 4 is 33.4 Å². The zero-order valence-electron chi connectivity index (χ0n) is 18.2. The topological polar surface area (TPSA) is 88.4 Å². The first-order valence-electron chi connectivity index (χ1n) is 11.5. The molecule has 1 saturated heterocycles. The molecule has 1 fully saturated rings. The van der Waals surface area contributed by atoms with Gasteiger partial charge in [-0.1, -0.05) is 24.6 Å². The Hall–Kier alpha value is -1.91. The highest BCUT2D eigenvalue weighted by molar-refractivity contribution is 7.99. The lowest BCUT2D eigenvalue weighted by Crippen LogP contribution is -2.35. The Morgan fingerprint density at radius 3 is 2.56 bits per heavy atom. The number of amides is 1. The van der Waals surface area contributed by atoms with Gasteiger partial charge in [-0.25, -0.2) is 8.42 Å². The van der Waals surface area contributed by atoms with Crippen LogP contribution in [0.2, 0.25) is 0 Å². The summed E-state index contributed by atoms with van der Waals surface area (Å²) in [5.41, 5.74) is 1.76. The summed E-state index contributed by atoms with van der Waals surface area (Å²) >= 11 is 1.44. The molecular formula is C22H29N5O3S2. The van der Waals surface area contributed by atoms with E-state index >= 15 is 0 Å². The molecule has 2 aromatic rings. The van der Waals surface area contributed by atoms with Gasteiger partial charge in [0.05, 0.1) is 10.6 Å². The molecule has 10 heteroatoms. The van der Waals surface area contributed by atoms with E-state index < -0.39 is 10.0 Å². The number of fused-ring (bicyclic) bond motifs is 2. The molecule has 1 amide bonds. The molecule has 0 unspecified atom stereocenters. The van der Waals surface area contributed by atoms with E-state index in [0.29, 0.717) is 36.7 Å². The molecule has 0 aliphatic carbocycles. The van der Waals surface area contributed by atoms with Gasteiger partial charge in [-0.2, -0.15) is 4.31 Å². The van der Waals surface area contributed by atoms with E-state index in [1.165, 1.54) is 18.2 Å². The monoisotopic (exact) mass is 475 g/mol. The number of anilines is 1. The number of aryl methyl sites for hydroxylation is 1. The zero-order chi connectivity index (χ0) is 22.1. The van der Waals surface area contributed by atoms with Crippen LogP contribution in [0.1, 0.15) is 49.9 Å². The number of rotatable bonds is 5. The molecule has 1 aromatic heterocycles. The summed E-state index contributed by atoms with van der Waals surface area (Å²) < 4.78 is 29.8. The predicted octanol–water partition coefficient (Wildman–Crippen LogP) is 2.86. The van der Waals surface area contributed by atoms with Gasteiger partial charge in [-0.05, 0) is 55.9 Å². The van der Waals surface area contributed by atoms with Crippen molar-refractivity contribution in [1.82, 2.24) is 19.1 Å². The van der Waals surface area contributed by atoms with Crippen LogP contribution in [-0.2, 0) is 34.2 Å². The maximum atomic E-state index is 13.0. The van der Waals surface area contributed by atoms with Crippen molar-refractivity contribution in [2.75, 3.05) is 30.3 Å². The van der Waals surface area contributed by atoms with E-state index in [1.54, 1.807) is 27.4 Å². The van der Waals surface area contributed by atoms with Crippen molar-refractivity contribution in [1.29, 1.82) is 0 Å². The van der Waals surface area contributed by atoms with Gasteiger partial charge in [0.1, 0.15) is 5.82 Å². The Kier molecular flexibility index (Phi) is 6.26. The van der Waals surface area contributed by atoms with Crippen molar-refractivity contribution in [3.8, 4) is 0 Å². The van der Waals surface area contributed by atoms with Crippen molar-refractivity contribution < 1.29 is 13.2 Å². The number of carbonyl (C=O) groups is 1. The van der Waals surface area contributed by atoms with Gasteiger partial charge in [0.15, 0.2) is 5.16 Å². The lowest BCUT2D eigenvalue weighted by molar-refractivity contribution is -0.116. The summed E-state index contributed by atoms with van der Waals surface area (Å²) in [6.45, 7) is 2.68. The lowest BCUT2D eigenvalue weighted by Gasteiger charge is -2.26. The quantitative estimate of drug-likeness (QED) is 0.618. The highest BCUT2D eigenvalue weighted by atomic mass is 32.2. The number of hydrogen-bond acceptors (Lipinski definition) is 6. The SMILES string of the molecule is O=C(CSc1nnc2n1CCCCC2)N1CCc2cc(S(=O)(=O)N3CCCCC3)ccc21. The van der Waals surface area contributed by atoms with E-state index in [1.807, 2.05) is 0 Å². The van der Waals surface area contributed by atoms with Crippen LogP contribution in [0.3, 0.4) is 0 Å². The molecule has 0 bridgehead atoms. The Morgan fingerprint density at radius 1 is 0.938 bits per heavy atom. The molecule has 4 heterocycles. The fourth-order valence-electron chi connectivity index (χ4n) is 4.82. The van der Waals surface area contributed by atoms with Gasteiger partial charge in [-0.3, -0.25) is 4.79 Å². The second kappa shape index (κ2) is 9.15. The predicted molar refractivity (Wildman–Crippen MR) is 123 cm³/mol. The summed E-state index contributed by atoms with van der Waals surface area (Å²) in [4.78, 5) is 15.1. The minimum atomic E-state index is -3.47. The summed E-state index contributed by atoms with van der Waals surface area (Å²) in [6, 6.07) is 5.21. The molecule has 3 aliphatic heterocycles. The second-order valence-corrected chi connectivity index (χ2v) is 11.6. The summed E-state index contributed by atoms with van der Waals surface area (Å²) in [6.07, 6.45) is 8.00. The molecule has 0 saturated carbocycles. The third-order valence-corrected chi connectivity index (χ3v) is 9.45. The molecule has 0 N–H and O–H groups in total. The zero-order valence-corrected chi connectivity index (χ0v) is 19.8. The molecule has 0 spiro atoms. The Morgan fingerprint density at radius 2 is 1.72 bits per heavy atom. The molecule has 3 aliphatic rings. The minimum absolute atomic E-state index is 0.0198. The Labute approximate surface area is 193 Å². The average molecular weight is 476 g/mol. The molecule has 0 radical (unpaired) electrons. The largest absolute Gasteiger partial charge is 0.311 e. The van der Waals surface area contributed by atoms with Gasteiger partial charge in [-0.15, -0.1) is 10.2 Å². The molecule has 1 aromatic carbocycles. The number of aromatic nitrogens is 3. The fourth-order valence-corrected chi connectivity index (χ4v) is 7.25. The van der Waals surface area contributed by atoms with E-state index in [9.17, 15) is 13.2 Å². The van der Waals surface area contributed by atoms with Crippen molar-refractivity contribution in [2.24, 2.45) is 0 Å². The number of piperidine rings is 1. The Balaban J connectivity index is 1.27. The van der Waals surface area contributed by atoms with E-state index in [2.05, 4.69) is 14.8 Å². The van der Waals surface area contributed by atoms with Gasteiger partial charge in [0.2, 0.25) is 15.9 Å². The highest BCUT2D eigenvalue weighted by Gasteiger charge is 2.30. The van der Waals surface area contributed by atoms with Crippen LogP contribution >= 0.6 is 11.8 Å². The summed E-state index contributed by atoms with van der Waals surface area (Å²) in [7, 11) is -3.47. The molecular weight excluding hydrogens is 446 g/mol. The number of sulfonamides is 1. The number of carbonyl (C=O) groups excluding carboxylic acids is 1. The van der Waals surface area contributed by atoms with E-state index in [-0.39, 0.29) is 5.91 Å². The molecule has 5 rings (SSSR count). The molecule has 8 nitrogen and oxygen atoms in total. The first-order chi connectivity index (χ1) is 15.5. The minimum Gasteiger partial charge on any atom is -0.311 e. The molecule has 0 atom stereocenters. The van der Waals surface area contributed by atoms with Crippen LogP contribution in [0, 0.1) is 0 Å². The van der Waals surface area contributed by atoms with Gasteiger partial charge < -0.3 is 9.47 Å². The molecule has 172 valence electrons. The van der Waals surface area contributed by atoms with Crippen LogP contribution in [0.5, 0.6) is 0 Å². The first-order valence-corrected chi connectivity index (χ1v) is 13.9. The van der Waals surface area contributed by atoms with Gasteiger partial charge >= 0.3 is 0 Å². The van der Waals surface area contributed by atoms with Gasteiger partial charge in [0, 0.05) is 38.3 Å². The maximum Gasteiger partial charge on any atom is 0.243 e. The smallest absolute Gasteiger partial charge is 0.243 e. The van der Waals surface area contributed by atoms with Crippen molar-refractivity contribution in [2.45, 2.75) is 68.0 Å². The first kappa shape index (κ1) is 21.9. The summed E-state index contributed by atoms with van der Waals surface area (Å²) in [5, 5.41) is 9.42. The van der Waals surface area contributed by atoms with E-state index in [4.69, 9.17) is 0 Å². The second-order valence-electron chi connectivity index (χ2n) is 8.70. The number of nitrogens with zero attached hydrogens (tertiary/aromatic N) is 5. The van der Waals surface area contributed by atoms with Crippen LogP contribution in [0.4, 0.5) is 5.69 Å². The van der Waals surface area contributed by atoms with Gasteiger partial charge in [0.25, 0.3) is 0 Å². The number of hydrogen-bond donors (Lipinski definition) is 0. The highest BCUT2D eigenvalue weighted by Crippen LogP contribution is 2.33. The third-order valence-electron chi connectivity index (χ3n) is 6.60. The third kappa shape index (κ3) is 4.20. The van der Waals surface area contributed by atoms with Crippen LogP contribution in [-0.4, -0.2) is 58.8 Å². The summed E-state index contributed by atoms with van der Waals surface area (Å²) in [5.74, 6) is 1.34. The number of thioether (sulfide) groups is 1. The standard InChI is InChI=1S/C22H29N5O3S2/c28-21(16-31-22-24-23-20-7-3-1-6-13-27(20)22)26-14-10-17-15-18(8-9-19(17)26)32(29,30)25-11-4-2-5-12-25/h8-9,15H,1-7,10-14,16H2. The average Bonchev–Trinajstić information content (AvgIpc) is 3.34. The van der Waals surface area contributed by atoms with Crippen molar-refractivity contribution in [3.05, 3.63) is 29.6 Å². The Bertz CT molecular complexity index is 1110. The van der Waals surface area contributed by atoms with E-state index in [0.717, 1.165) is 67.3 Å². The lowest BCUT2D eigenvalue weighted by atomic mass is 10.2. The normalized spacial score (nSPS) is 19.4. The maximum absolute atomic E-state index is 13.0. The number of benzene rings is 1. The van der Waals surface area contributed by atoms with Crippen LogP contribution < -0.4 is 4.90 Å². The molecule has 32 heavy (non-hydrogen) atoms. The van der Waals surface area contributed by atoms with Crippen molar-refractivity contribution in [3.63, 3.8) is 0 Å². The van der Waals surface area contributed by atoms with Crippen LogP contribution in [0.15, 0.2) is 28.3 Å².